The Morgan fingerprint density at radius 1 is 1.30 bits per heavy atom. The molecular formula is C16H27BrN2O3Si. The van der Waals surface area contributed by atoms with E-state index in [0.29, 0.717) is 16.6 Å². The molecule has 1 aromatic rings. The van der Waals surface area contributed by atoms with E-state index in [0.717, 1.165) is 31.9 Å². The molecule has 23 heavy (non-hydrogen) atoms. The third kappa shape index (κ3) is 7.11. The highest BCUT2D eigenvalue weighted by Gasteiger charge is 2.27. The van der Waals surface area contributed by atoms with Crippen molar-refractivity contribution in [2.45, 2.75) is 58.8 Å². The molecule has 0 fully saturated rings. The fourth-order valence-electron chi connectivity index (χ4n) is 2.43. The summed E-state index contributed by atoms with van der Waals surface area (Å²) in [7, 11) is -1.79. The normalized spacial score (nSPS) is 11.9. The van der Waals surface area contributed by atoms with Gasteiger partial charge < -0.3 is 4.53 Å². The summed E-state index contributed by atoms with van der Waals surface area (Å²) in [6, 6.07) is 6.30. The van der Waals surface area contributed by atoms with E-state index in [2.05, 4.69) is 42.9 Å². The Labute approximate surface area is 148 Å². The van der Waals surface area contributed by atoms with Gasteiger partial charge in [0.2, 0.25) is 8.32 Å². The number of hydrogen-bond donors (Lipinski definition) is 0. The number of unbranched alkanes of at least 4 members (excludes halogenated alkanes) is 1. The number of nitro groups is 1. The van der Waals surface area contributed by atoms with E-state index < -0.39 is 8.32 Å². The molecule has 0 atom stereocenters. The molecule has 0 aliphatic heterocycles. The van der Waals surface area contributed by atoms with Gasteiger partial charge in [0, 0.05) is 22.6 Å². The van der Waals surface area contributed by atoms with Gasteiger partial charge in [-0.3, -0.25) is 10.1 Å². The molecule has 7 heteroatoms. The van der Waals surface area contributed by atoms with Crippen LogP contribution in [0.3, 0.4) is 0 Å². The standard InChI is InChI=1S/C16H27BrN2O3Si/c1-5-7-11-23(3,4)22-18(10-6-2)13-14-8-9-15(17)12-16(14)19(20)21/h8-9,12H,5-7,10-11,13H2,1-4H3. The first-order chi connectivity index (χ1) is 10.8. The van der Waals surface area contributed by atoms with Gasteiger partial charge in [-0.15, -0.1) is 0 Å². The largest absolute Gasteiger partial charge is 0.343 e. The summed E-state index contributed by atoms with van der Waals surface area (Å²) in [6.07, 6.45) is 3.27. The van der Waals surface area contributed by atoms with Gasteiger partial charge in [-0.2, -0.15) is 5.06 Å². The lowest BCUT2D eigenvalue weighted by molar-refractivity contribution is -0.386. The molecule has 0 aromatic heterocycles. The molecule has 0 amide bonds. The molecule has 0 radical (unpaired) electrons. The number of benzene rings is 1. The minimum absolute atomic E-state index is 0.136. The molecule has 0 saturated carbocycles. The Kier molecular flexibility index (Phi) is 8.39. The van der Waals surface area contributed by atoms with Crippen LogP contribution >= 0.6 is 15.9 Å². The second kappa shape index (κ2) is 9.51. The summed E-state index contributed by atoms with van der Waals surface area (Å²) >= 11 is 3.30. The highest BCUT2D eigenvalue weighted by Crippen LogP contribution is 2.26. The number of halogens is 1. The number of nitro benzene ring substituents is 1. The predicted octanol–water partition coefficient (Wildman–Crippen LogP) is 5.51. The second-order valence-corrected chi connectivity index (χ2v) is 11.5. The number of rotatable bonds is 10. The van der Waals surface area contributed by atoms with E-state index >= 15 is 0 Å². The number of nitrogens with zero attached hydrogens (tertiary/aromatic N) is 2. The van der Waals surface area contributed by atoms with Crippen molar-refractivity contribution < 1.29 is 9.45 Å². The van der Waals surface area contributed by atoms with Crippen molar-refractivity contribution in [3.63, 3.8) is 0 Å². The van der Waals surface area contributed by atoms with Gasteiger partial charge in [0.1, 0.15) is 0 Å². The van der Waals surface area contributed by atoms with Gasteiger partial charge in [0.15, 0.2) is 0 Å². The van der Waals surface area contributed by atoms with Gasteiger partial charge in [-0.25, -0.2) is 0 Å². The first kappa shape index (κ1) is 20.3. The Hall–Kier alpha value is -0.763. The van der Waals surface area contributed by atoms with E-state index in [1.165, 1.54) is 0 Å². The van der Waals surface area contributed by atoms with E-state index in [-0.39, 0.29) is 10.6 Å². The van der Waals surface area contributed by atoms with Crippen molar-refractivity contribution in [3.8, 4) is 0 Å². The van der Waals surface area contributed by atoms with Crippen molar-refractivity contribution in [2.75, 3.05) is 6.54 Å². The number of hydrogen-bond acceptors (Lipinski definition) is 4. The van der Waals surface area contributed by atoms with Crippen LogP contribution in [-0.4, -0.2) is 24.8 Å². The van der Waals surface area contributed by atoms with Crippen LogP contribution in [0.4, 0.5) is 5.69 Å². The lowest BCUT2D eigenvalue weighted by atomic mass is 10.2. The Bertz CT molecular complexity index is 526. The highest BCUT2D eigenvalue weighted by atomic mass is 79.9. The summed E-state index contributed by atoms with van der Waals surface area (Å²) in [5.74, 6) is 0. The third-order valence-electron chi connectivity index (χ3n) is 3.57. The van der Waals surface area contributed by atoms with Gasteiger partial charge >= 0.3 is 0 Å². The van der Waals surface area contributed by atoms with Crippen LogP contribution in [0.1, 0.15) is 38.7 Å². The summed E-state index contributed by atoms with van der Waals surface area (Å²) in [4.78, 5) is 10.9. The Morgan fingerprint density at radius 3 is 2.57 bits per heavy atom. The lowest BCUT2D eigenvalue weighted by Gasteiger charge is -2.31. The fraction of sp³-hybridized carbons (Fsp3) is 0.625. The molecule has 130 valence electrons. The van der Waals surface area contributed by atoms with Crippen LogP contribution in [0.2, 0.25) is 19.1 Å². The quantitative estimate of drug-likeness (QED) is 0.294. The molecule has 1 aromatic carbocycles. The molecule has 0 saturated heterocycles. The summed E-state index contributed by atoms with van der Waals surface area (Å²) < 4.78 is 7.00. The average Bonchev–Trinajstić information content (AvgIpc) is 2.46. The van der Waals surface area contributed by atoms with Crippen LogP contribution in [0.15, 0.2) is 22.7 Å². The predicted molar refractivity (Wildman–Crippen MR) is 99.8 cm³/mol. The number of hydroxylamine groups is 2. The van der Waals surface area contributed by atoms with Gasteiger partial charge in [0.05, 0.1) is 11.5 Å². The van der Waals surface area contributed by atoms with Gasteiger partial charge in [-0.1, -0.05) is 42.6 Å². The van der Waals surface area contributed by atoms with E-state index in [1.54, 1.807) is 12.1 Å². The molecule has 5 nitrogen and oxygen atoms in total. The Morgan fingerprint density at radius 2 is 2.00 bits per heavy atom. The molecule has 0 spiro atoms. The summed E-state index contributed by atoms with van der Waals surface area (Å²) in [5, 5.41) is 13.2. The molecule has 0 N–H and O–H groups in total. The maximum absolute atomic E-state index is 11.3. The topological polar surface area (TPSA) is 55.6 Å². The lowest BCUT2D eigenvalue weighted by Crippen LogP contribution is -2.40. The SMILES string of the molecule is CCCC[Si](C)(C)ON(CCC)Cc1ccc(Br)cc1[N+](=O)[O-]. The molecule has 0 bridgehead atoms. The van der Waals surface area contributed by atoms with Crippen molar-refractivity contribution in [1.29, 1.82) is 0 Å². The Balaban J connectivity index is 2.89. The van der Waals surface area contributed by atoms with Crippen LogP contribution < -0.4 is 0 Å². The fourth-order valence-corrected chi connectivity index (χ4v) is 4.93. The molecule has 0 aliphatic carbocycles. The maximum atomic E-state index is 11.3. The summed E-state index contributed by atoms with van der Waals surface area (Å²) in [5.41, 5.74) is 0.823. The van der Waals surface area contributed by atoms with E-state index in [1.807, 2.05) is 11.1 Å². The van der Waals surface area contributed by atoms with Crippen LogP contribution in [0, 0.1) is 10.1 Å². The monoisotopic (exact) mass is 402 g/mol. The first-order valence-electron chi connectivity index (χ1n) is 8.16. The van der Waals surface area contributed by atoms with Gasteiger partial charge in [-0.05, 0) is 37.7 Å². The zero-order valence-corrected chi connectivity index (χ0v) is 17.1. The van der Waals surface area contributed by atoms with Crippen LogP contribution in [0.5, 0.6) is 0 Å². The molecular weight excluding hydrogens is 376 g/mol. The molecule has 0 heterocycles. The van der Waals surface area contributed by atoms with Crippen LogP contribution in [0.25, 0.3) is 0 Å². The summed E-state index contributed by atoms with van der Waals surface area (Å²) in [6.45, 7) is 9.91. The smallest absolute Gasteiger partial charge is 0.275 e. The molecule has 1 rings (SSSR count). The van der Waals surface area contributed by atoms with Gasteiger partial charge in [0.25, 0.3) is 5.69 Å². The average molecular weight is 403 g/mol. The van der Waals surface area contributed by atoms with Crippen molar-refractivity contribution in [1.82, 2.24) is 5.06 Å². The zero-order chi connectivity index (χ0) is 17.5. The minimum Gasteiger partial charge on any atom is -0.343 e. The van der Waals surface area contributed by atoms with Crippen molar-refractivity contribution in [2.24, 2.45) is 0 Å². The highest BCUT2D eigenvalue weighted by molar-refractivity contribution is 9.10. The molecule has 0 unspecified atom stereocenters. The van der Waals surface area contributed by atoms with Crippen molar-refractivity contribution >= 4 is 29.9 Å². The maximum Gasteiger partial charge on any atom is 0.275 e. The second-order valence-electron chi connectivity index (χ2n) is 6.35. The van der Waals surface area contributed by atoms with Crippen LogP contribution in [-0.2, 0) is 11.1 Å². The zero-order valence-electron chi connectivity index (χ0n) is 14.5. The van der Waals surface area contributed by atoms with Crippen molar-refractivity contribution in [3.05, 3.63) is 38.3 Å². The first-order valence-corrected chi connectivity index (χ1v) is 12.1. The third-order valence-corrected chi connectivity index (χ3v) is 6.38. The minimum atomic E-state index is -1.79. The van der Waals surface area contributed by atoms with E-state index in [9.17, 15) is 10.1 Å². The van der Waals surface area contributed by atoms with E-state index in [4.69, 9.17) is 4.53 Å². The molecule has 0 aliphatic rings.